The summed E-state index contributed by atoms with van der Waals surface area (Å²) in [5, 5.41) is 0. The van der Waals surface area contributed by atoms with Gasteiger partial charge in [-0.15, -0.1) is 0 Å². The van der Waals surface area contributed by atoms with E-state index in [4.69, 9.17) is 0 Å². The summed E-state index contributed by atoms with van der Waals surface area (Å²) < 4.78 is 37.0. The third kappa shape index (κ3) is 2.20. The number of rotatable bonds is 3. The summed E-state index contributed by atoms with van der Waals surface area (Å²) in [4.78, 5) is 0.121. The monoisotopic (exact) mass is 190 g/mol. The number of alkyl halides is 1. The van der Waals surface area contributed by atoms with E-state index in [9.17, 15) is 12.8 Å². The van der Waals surface area contributed by atoms with Crippen molar-refractivity contribution in [1.29, 1.82) is 0 Å². The van der Waals surface area contributed by atoms with E-state index in [1.807, 2.05) is 0 Å². The third-order valence-corrected chi connectivity index (χ3v) is 1.95. The third-order valence-electron chi connectivity index (χ3n) is 1.25. The standard InChI is InChI=1S/C7H7FO3S/c8-5-11-6-2-1-3-7(4-6)12(9)10/h1-4,12H,5H2. The van der Waals surface area contributed by atoms with Crippen molar-refractivity contribution in [2.24, 2.45) is 0 Å². The minimum atomic E-state index is -2.62. The Kier molecular flexibility index (Phi) is 3.04. The SMILES string of the molecule is O=[SH](=O)c1cccc(OCF)c1. The van der Waals surface area contributed by atoms with Gasteiger partial charge in [0.1, 0.15) is 5.75 Å². The lowest BCUT2D eigenvalue weighted by Gasteiger charge is -1.99. The second-order valence-electron chi connectivity index (χ2n) is 2.01. The lowest BCUT2D eigenvalue weighted by Crippen LogP contribution is -1.90. The van der Waals surface area contributed by atoms with E-state index < -0.39 is 17.6 Å². The van der Waals surface area contributed by atoms with Crippen LogP contribution in [0.5, 0.6) is 5.75 Å². The van der Waals surface area contributed by atoms with Crippen LogP contribution in [0, 0.1) is 0 Å². The van der Waals surface area contributed by atoms with Crippen LogP contribution in [0.4, 0.5) is 4.39 Å². The van der Waals surface area contributed by atoms with Crippen LogP contribution in [0.1, 0.15) is 0 Å². The lowest BCUT2D eigenvalue weighted by molar-refractivity contribution is 0.191. The van der Waals surface area contributed by atoms with Crippen LogP contribution in [-0.4, -0.2) is 15.3 Å². The first kappa shape index (κ1) is 8.99. The first-order valence-electron chi connectivity index (χ1n) is 3.17. The Balaban J connectivity index is 2.95. The Morgan fingerprint density at radius 2 is 2.17 bits per heavy atom. The highest BCUT2D eigenvalue weighted by Gasteiger charge is 1.97. The number of hydrogen-bond donors (Lipinski definition) is 1. The van der Waals surface area contributed by atoms with E-state index in [0.717, 1.165) is 0 Å². The summed E-state index contributed by atoms with van der Waals surface area (Å²) >= 11 is 0. The highest BCUT2D eigenvalue weighted by atomic mass is 32.2. The van der Waals surface area contributed by atoms with Crippen LogP contribution in [0.2, 0.25) is 0 Å². The van der Waals surface area contributed by atoms with Crippen LogP contribution in [0.25, 0.3) is 0 Å². The Morgan fingerprint density at radius 3 is 2.75 bits per heavy atom. The molecule has 0 aliphatic rings. The predicted molar refractivity (Wildman–Crippen MR) is 41.6 cm³/mol. The van der Waals surface area contributed by atoms with Gasteiger partial charge in [-0.2, -0.15) is 0 Å². The molecule has 0 atom stereocenters. The van der Waals surface area contributed by atoms with Crippen molar-refractivity contribution in [1.82, 2.24) is 0 Å². The molecule has 0 N–H and O–H groups in total. The average molecular weight is 190 g/mol. The molecule has 3 nitrogen and oxygen atoms in total. The van der Waals surface area contributed by atoms with E-state index in [0.29, 0.717) is 0 Å². The molecular formula is C7H7FO3S. The molecule has 0 heterocycles. The molecule has 66 valence electrons. The van der Waals surface area contributed by atoms with E-state index >= 15 is 0 Å². The summed E-state index contributed by atoms with van der Waals surface area (Å²) in [6, 6.07) is 5.66. The number of hydrogen-bond acceptors (Lipinski definition) is 3. The highest BCUT2D eigenvalue weighted by Crippen LogP contribution is 2.13. The van der Waals surface area contributed by atoms with Gasteiger partial charge in [-0.25, -0.2) is 12.8 Å². The topological polar surface area (TPSA) is 43.4 Å². The van der Waals surface area contributed by atoms with Crippen LogP contribution >= 0.6 is 0 Å². The van der Waals surface area contributed by atoms with Crippen molar-refractivity contribution in [3.8, 4) is 5.75 Å². The molecule has 0 aliphatic carbocycles. The van der Waals surface area contributed by atoms with Crippen LogP contribution in [-0.2, 0) is 10.7 Å². The predicted octanol–water partition coefficient (Wildman–Crippen LogP) is 0.963. The molecule has 1 rings (SSSR count). The Labute approximate surface area is 70.7 Å². The fourth-order valence-corrected chi connectivity index (χ4v) is 1.19. The van der Waals surface area contributed by atoms with Gasteiger partial charge in [0.05, 0.1) is 4.90 Å². The molecule has 0 unspecified atom stereocenters. The van der Waals surface area contributed by atoms with Gasteiger partial charge in [-0.1, -0.05) is 6.07 Å². The zero-order valence-corrected chi connectivity index (χ0v) is 6.96. The molecule has 1 aromatic carbocycles. The fraction of sp³-hybridized carbons (Fsp3) is 0.143. The summed E-state index contributed by atoms with van der Waals surface area (Å²) in [5.74, 6) is 0.217. The Morgan fingerprint density at radius 1 is 1.42 bits per heavy atom. The van der Waals surface area contributed by atoms with E-state index in [-0.39, 0.29) is 10.6 Å². The van der Waals surface area contributed by atoms with Gasteiger partial charge >= 0.3 is 0 Å². The van der Waals surface area contributed by atoms with E-state index in [2.05, 4.69) is 4.74 Å². The minimum Gasteiger partial charge on any atom is -0.463 e. The summed E-state index contributed by atoms with van der Waals surface area (Å²) in [7, 11) is -2.62. The van der Waals surface area contributed by atoms with Crippen molar-refractivity contribution in [3.05, 3.63) is 24.3 Å². The number of thiol groups is 1. The summed E-state index contributed by atoms with van der Waals surface area (Å²) in [6.45, 7) is -0.959. The molecule has 0 saturated carbocycles. The second-order valence-corrected chi connectivity index (χ2v) is 3.04. The molecule has 0 bridgehead atoms. The lowest BCUT2D eigenvalue weighted by atomic mass is 10.3. The smallest absolute Gasteiger partial charge is 0.228 e. The minimum absolute atomic E-state index is 0.121. The van der Waals surface area contributed by atoms with E-state index in [1.54, 1.807) is 0 Å². The maximum Gasteiger partial charge on any atom is 0.228 e. The quantitative estimate of drug-likeness (QED) is 0.722. The van der Waals surface area contributed by atoms with Gasteiger partial charge in [0, 0.05) is 0 Å². The molecule has 0 amide bonds. The largest absolute Gasteiger partial charge is 0.463 e. The van der Waals surface area contributed by atoms with Gasteiger partial charge < -0.3 is 4.74 Å². The normalized spacial score (nSPS) is 10.2. The first-order valence-corrected chi connectivity index (χ1v) is 4.35. The van der Waals surface area contributed by atoms with Gasteiger partial charge in [0.25, 0.3) is 0 Å². The molecule has 0 spiro atoms. The molecule has 0 saturated heterocycles. The molecule has 0 aromatic heterocycles. The van der Waals surface area contributed by atoms with Crippen LogP contribution in [0.3, 0.4) is 0 Å². The fourth-order valence-electron chi connectivity index (χ4n) is 0.750. The Hall–Kier alpha value is -1.10. The Bertz CT molecular complexity index is 327. The zero-order chi connectivity index (χ0) is 8.97. The molecule has 0 aliphatic heterocycles. The number of ether oxygens (including phenoxy) is 1. The summed E-state index contributed by atoms with van der Waals surface area (Å²) in [6.07, 6.45) is 0. The van der Waals surface area contributed by atoms with Crippen LogP contribution < -0.4 is 4.74 Å². The highest BCUT2D eigenvalue weighted by molar-refractivity contribution is 7.72. The number of halogens is 1. The van der Waals surface area contributed by atoms with Crippen molar-refractivity contribution < 1.29 is 17.5 Å². The van der Waals surface area contributed by atoms with Gasteiger partial charge in [-0.3, -0.25) is 0 Å². The molecular weight excluding hydrogens is 183 g/mol. The number of benzene rings is 1. The second kappa shape index (κ2) is 4.06. The summed E-state index contributed by atoms with van der Waals surface area (Å²) in [5.41, 5.74) is 0. The zero-order valence-electron chi connectivity index (χ0n) is 6.07. The first-order chi connectivity index (χ1) is 5.74. The van der Waals surface area contributed by atoms with Crippen molar-refractivity contribution in [3.63, 3.8) is 0 Å². The molecule has 5 heteroatoms. The molecule has 12 heavy (non-hydrogen) atoms. The van der Waals surface area contributed by atoms with Gasteiger partial charge in [-0.05, 0) is 18.2 Å². The maximum atomic E-state index is 11.6. The average Bonchev–Trinajstić information content (AvgIpc) is 2.05. The molecule has 1 aromatic rings. The van der Waals surface area contributed by atoms with Crippen molar-refractivity contribution in [2.75, 3.05) is 6.86 Å². The maximum absolute atomic E-state index is 11.6. The van der Waals surface area contributed by atoms with E-state index in [1.165, 1.54) is 24.3 Å². The molecule has 0 radical (unpaired) electrons. The van der Waals surface area contributed by atoms with Crippen molar-refractivity contribution >= 4 is 10.7 Å². The van der Waals surface area contributed by atoms with Crippen molar-refractivity contribution in [2.45, 2.75) is 4.90 Å². The van der Waals surface area contributed by atoms with Crippen LogP contribution in [0.15, 0.2) is 29.2 Å². The van der Waals surface area contributed by atoms with Gasteiger partial charge in [0.15, 0.2) is 10.7 Å². The molecule has 0 fully saturated rings. The van der Waals surface area contributed by atoms with Gasteiger partial charge in [0.2, 0.25) is 6.86 Å².